The van der Waals surface area contributed by atoms with Crippen LogP contribution < -0.4 is 5.19 Å². The highest BCUT2D eigenvalue weighted by atomic mass is 28.3. The monoisotopic (exact) mass is 1590 g/mol. The predicted molar refractivity (Wildman–Crippen MR) is 521 cm³/mol. The molecule has 7 heteroatoms. The van der Waals surface area contributed by atoms with Crippen LogP contribution in [-0.2, 0) is 16.2 Å². The number of aromatic nitrogens is 3. The second-order valence-electron chi connectivity index (χ2n) is 37.4. The molecule has 3 aliphatic carbocycles. The Labute approximate surface area is 710 Å². The second kappa shape index (κ2) is 24.9. The first-order valence-electron chi connectivity index (χ1n) is 43.2. The molecule has 0 fully saturated rings. The Bertz CT molecular complexity index is 8960. The Balaban J connectivity index is 0.0000000993. The van der Waals surface area contributed by atoms with Crippen molar-refractivity contribution in [2.45, 2.75) is 77.4 Å². The van der Waals surface area contributed by atoms with Crippen molar-refractivity contribution >= 4 is 188 Å². The van der Waals surface area contributed by atoms with E-state index in [1.165, 1.54) is 230 Å². The molecule has 25 aromatic rings. The molecule has 28 rings (SSSR count). The summed E-state index contributed by atoms with van der Waals surface area (Å²) in [4.78, 5) is 0. The number of benzene rings is 19. The Hall–Kier alpha value is -14.5. The maximum Gasteiger partial charge on any atom is 0.135 e. The van der Waals surface area contributed by atoms with Crippen molar-refractivity contribution in [1.82, 2.24) is 13.7 Å². The van der Waals surface area contributed by atoms with E-state index in [9.17, 15) is 0 Å². The van der Waals surface area contributed by atoms with E-state index in [0.717, 1.165) is 33.5 Å². The van der Waals surface area contributed by atoms with Crippen molar-refractivity contribution < 1.29 is 13.3 Å². The SMILES string of the molecule is CC1(C)c2cc3oc4ccccc4c3cc2-c2cc3c4ccccc4n(-c4cc5cccc6ccc7cccc4c7c65)c3cc21.CC1(C)c2cc3oc4ccccc4c3cc2-c2cc3c4ccccc4n(-c4ccc([Si](C)(C)C)cc4)c3cc21.CC1(C)c2cc3oc4ccccc4c3cc2-c2cc3c4ccccc4n(-c4ccc5ccccc5c4)c3cc21. The lowest BCUT2D eigenvalue weighted by Crippen LogP contribution is -2.37. The number of rotatable bonds is 4. The van der Waals surface area contributed by atoms with E-state index < -0.39 is 8.07 Å². The molecule has 0 spiro atoms. The van der Waals surface area contributed by atoms with Crippen LogP contribution in [-0.4, -0.2) is 21.8 Å². The Morgan fingerprint density at radius 3 is 0.992 bits per heavy atom. The largest absolute Gasteiger partial charge is 0.456 e. The second-order valence-corrected chi connectivity index (χ2v) is 42.5. The first-order valence-corrected chi connectivity index (χ1v) is 46.7. The molecule has 0 amide bonds. The Morgan fingerprint density at radius 2 is 0.537 bits per heavy atom. The van der Waals surface area contributed by atoms with Crippen LogP contribution >= 0.6 is 0 Å². The van der Waals surface area contributed by atoms with E-state index in [2.05, 4.69) is 396 Å². The molecule has 0 saturated carbocycles. The number of nitrogens with zero attached hydrogens (tertiary/aromatic N) is 3. The van der Waals surface area contributed by atoms with Crippen LogP contribution in [0.2, 0.25) is 19.6 Å². The number of hydrogen-bond donors (Lipinski definition) is 0. The molecule has 6 heterocycles. The van der Waals surface area contributed by atoms with E-state index in [4.69, 9.17) is 13.3 Å². The third-order valence-electron chi connectivity index (χ3n) is 28.6. The summed E-state index contributed by atoms with van der Waals surface area (Å²) in [6.45, 7) is 21.4. The van der Waals surface area contributed by atoms with Gasteiger partial charge in [-0.1, -0.05) is 267 Å². The van der Waals surface area contributed by atoms with Gasteiger partial charge < -0.3 is 27.0 Å². The fourth-order valence-electron chi connectivity index (χ4n) is 22.4. The summed E-state index contributed by atoms with van der Waals surface area (Å²) in [5, 5.41) is 26.7. The molecular weight excluding hydrogens is 1510 g/mol. The Kier molecular flexibility index (Phi) is 14.2. The molecular formula is C116H83N3O3Si. The molecule has 0 bridgehead atoms. The fraction of sp³-hybridized carbons (Fsp3) is 0.103. The highest BCUT2D eigenvalue weighted by Crippen LogP contribution is 2.58. The quantitative estimate of drug-likeness (QED) is 0.130. The Morgan fingerprint density at radius 1 is 0.211 bits per heavy atom. The molecule has 19 aromatic carbocycles. The van der Waals surface area contributed by atoms with Gasteiger partial charge in [-0.25, -0.2) is 0 Å². The summed E-state index contributed by atoms with van der Waals surface area (Å²) in [5.41, 5.74) is 32.5. The summed E-state index contributed by atoms with van der Waals surface area (Å²) in [6.07, 6.45) is 0. The third kappa shape index (κ3) is 9.85. The van der Waals surface area contributed by atoms with Crippen LogP contribution in [0.1, 0.15) is 74.9 Å². The van der Waals surface area contributed by atoms with Crippen LogP contribution in [0.3, 0.4) is 0 Å². The third-order valence-corrected chi connectivity index (χ3v) is 30.7. The van der Waals surface area contributed by atoms with Gasteiger partial charge in [-0.2, -0.15) is 0 Å². The minimum atomic E-state index is -1.37. The van der Waals surface area contributed by atoms with Gasteiger partial charge in [0.2, 0.25) is 0 Å². The zero-order valence-electron chi connectivity index (χ0n) is 69.9. The van der Waals surface area contributed by atoms with Crippen molar-refractivity contribution in [2.75, 3.05) is 0 Å². The lowest BCUT2D eigenvalue weighted by atomic mass is 9.82. The van der Waals surface area contributed by atoms with Gasteiger partial charge in [0.05, 0.1) is 46.9 Å². The molecule has 6 nitrogen and oxygen atoms in total. The van der Waals surface area contributed by atoms with Crippen LogP contribution in [0.15, 0.2) is 353 Å². The van der Waals surface area contributed by atoms with Gasteiger partial charge in [-0.15, -0.1) is 0 Å². The maximum atomic E-state index is 6.36. The van der Waals surface area contributed by atoms with Gasteiger partial charge in [0, 0.05) is 97.6 Å². The summed E-state index contributed by atoms with van der Waals surface area (Å²) in [7, 11) is -1.37. The number of fused-ring (bicyclic) bond motifs is 28. The van der Waals surface area contributed by atoms with E-state index in [1.807, 2.05) is 18.2 Å². The zero-order chi connectivity index (χ0) is 82.2. The highest BCUT2D eigenvalue weighted by Gasteiger charge is 2.41. The van der Waals surface area contributed by atoms with Crippen molar-refractivity contribution in [3.63, 3.8) is 0 Å². The normalized spacial score (nSPS) is 14.3. The van der Waals surface area contributed by atoms with Crippen LogP contribution in [0.5, 0.6) is 0 Å². The van der Waals surface area contributed by atoms with Crippen molar-refractivity contribution in [1.29, 1.82) is 0 Å². The number of furan rings is 3. The summed E-state index contributed by atoms with van der Waals surface area (Å²) >= 11 is 0. The van der Waals surface area contributed by atoms with Gasteiger partial charge in [0.25, 0.3) is 0 Å². The summed E-state index contributed by atoms with van der Waals surface area (Å²) in [6, 6.07) is 125. The van der Waals surface area contributed by atoms with E-state index >= 15 is 0 Å². The highest BCUT2D eigenvalue weighted by molar-refractivity contribution is 6.88. The van der Waals surface area contributed by atoms with Gasteiger partial charge >= 0.3 is 0 Å². The molecule has 3 aliphatic rings. The minimum Gasteiger partial charge on any atom is -0.456 e. The molecule has 0 N–H and O–H groups in total. The first kappa shape index (κ1) is 70.4. The van der Waals surface area contributed by atoms with Crippen LogP contribution in [0.25, 0.3) is 225 Å². The van der Waals surface area contributed by atoms with Gasteiger partial charge in [-0.3, -0.25) is 0 Å². The van der Waals surface area contributed by atoms with Gasteiger partial charge in [0.15, 0.2) is 0 Å². The number of hydrogen-bond acceptors (Lipinski definition) is 3. The molecule has 6 aromatic heterocycles. The average Bonchev–Trinajstić information content (AvgIpc) is 1.56. The standard InChI is InChI=1S/C43H27NO.C37H25NO.C36H31NOSi/c1-43(2)34-22-38-32(20-30(34)31-21-33-28-13-4-6-16-39(28)45-40(33)23-35(31)43)27-12-3-5-15-36(27)44(38)37-19-26-11-7-9-24-17-18-25-10-8-14-29(37)42(25)41(24)26;1-37(2)31-20-34-29(18-27(31)28-19-30-26-12-6-8-14-35(26)39-36(30)21-32(28)37)25-11-5-7-13-33(25)38(34)24-16-15-22-9-3-4-10-23(22)17-24;1-36(2)30-20-33-28(18-26(30)27-19-29-25-11-7-9-13-34(25)38-35(29)21-31(27)36)24-10-6-8-12-32(24)37(33)22-14-16-23(17-15-22)39(3,4)5/h3-23H,1-2H3;3-21H,1-2H3;6-21H,1-5H3. The predicted octanol–water partition coefficient (Wildman–Crippen LogP) is 31.6. The molecule has 123 heavy (non-hydrogen) atoms. The van der Waals surface area contributed by atoms with Crippen molar-refractivity contribution in [3.05, 3.63) is 373 Å². The van der Waals surface area contributed by atoms with Gasteiger partial charge in [0.1, 0.15) is 33.5 Å². The molecule has 0 saturated heterocycles. The zero-order valence-corrected chi connectivity index (χ0v) is 70.9. The van der Waals surface area contributed by atoms with Crippen molar-refractivity contribution in [3.8, 4) is 50.4 Å². The molecule has 584 valence electrons. The smallest absolute Gasteiger partial charge is 0.135 e. The number of para-hydroxylation sites is 6. The lowest BCUT2D eigenvalue weighted by molar-refractivity contribution is 0.647. The van der Waals surface area contributed by atoms with E-state index in [-0.39, 0.29) is 16.2 Å². The van der Waals surface area contributed by atoms with E-state index in [1.54, 1.807) is 0 Å². The minimum absolute atomic E-state index is 0.130. The maximum absolute atomic E-state index is 6.36. The fourth-order valence-corrected chi connectivity index (χ4v) is 23.6. The lowest BCUT2D eigenvalue weighted by Gasteiger charge is -2.22. The van der Waals surface area contributed by atoms with E-state index in [0.29, 0.717) is 0 Å². The average molecular weight is 1600 g/mol. The van der Waals surface area contributed by atoms with Crippen molar-refractivity contribution in [2.24, 2.45) is 0 Å². The summed E-state index contributed by atoms with van der Waals surface area (Å²) in [5.74, 6) is 0. The molecule has 0 atom stereocenters. The molecule has 0 radical (unpaired) electrons. The molecule has 0 unspecified atom stereocenters. The molecule has 0 aliphatic heterocycles. The van der Waals surface area contributed by atoms with Crippen LogP contribution in [0, 0.1) is 0 Å². The van der Waals surface area contributed by atoms with Gasteiger partial charge in [-0.05, 0) is 244 Å². The topological polar surface area (TPSA) is 54.2 Å². The first-order chi connectivity index (χ1) is 59.8. The van der Waals surface area contributed by atoms with Crippen LogP contribution in [0.4, 0.5) is 0 Å². The summed E-state index contributed by atoms with van der Waals surface area (Å²) < 4.78 is 26.4.